The Balaban J connectivity index is 1.83. The number of fused-ring (bicyclic) bond motifs is 1. The first kappa shape index (κ1) is 21.2. The number of hydrogen-bond acceptors (Lipinski definition) is 5. The van der Waals surface area contributed by atoms with Crippen LogP contribution in [0.2, 0.25) is 0 Å². The molecule has 30 heavy (non-hydrogen) atoms. The number of benzene rings is 2. The first-order chi connectivity index (χ1) is 14.3. The molecule has 0 fully saturated rings. The van der Waals surface area contributed by atoms with Gasteiger partial charge in [0, 0.05) is 12.4 Å². The number of rotatable bonds is 7. The second-order valence-electron chi connectivity index (χ2n) is 7.37. The fourth-order valence-electron chi connectivity index (χ4n) is 3.32. The number of aryl methyl sites for hydroxylation is 1. The SMILES string of the molecule is CC(C)OC(=O)CC(NC(=O)Cc1nn(C)c(=O)c2ccccc12)c1ccccc1. The third kappa shape index (κ3) is 5.11. The van der Waals surface area contributed by atoms with Crippen molar-refractivity contribution in [3.05, 3.63) is 76.2 Å². The highest BCUT2D eigenvalue weighted by Gasteiger charge is 2.21. The molecule has 0 aliphatic heterocycles. The molecule has 0 spiro atoms. The molecule has 1 N–H and O–H groups in total. The normalized spacial score (nSPS) is 12.0. The van der Waals surface area contributed by atoms with Gasteiger partial charge in [0.05, 0.1) is 36.1 Å². The van der Waals surface area contributed by atoms with Gasteiger partial charge in [-0.1, -0.05) is 48.5 Å². The predicted octanol–water partition coefficient (Wildman–Crippen LogP) is 2.68. The second-order valence-corrected chi connectivity index (χ2v) is 7.37. The van der Waals surface area contributed by atoms with Crippen LogP contribution in [0.25, 0.3) is 10.8 Å². The smallest absolute Gasteiger partial charge is 0.308 e. The molecule has 3 aromatic rings. The van der Waals surface area contributed by atoms with E-state index < -0.39 is 6.04 Å². The Morgan fingerprint density at radius 2 is 1.67 bits per heavy atom. The van der Waals surface area contributed by atoms with Crippen LogP contribution in [0.4, 0.5) is 0 Å². The van der Waals surface area contributed by atoms with Gasteiger partial charge in [0.2, 0.25) is 5.91 Å². The highest BCUT2D eigenvalue weighted by atomic mass is 16.5. The lowest BCUT2D eigenvalue weighted by molar-refractivity contribution is -0.148. The summed E-state index contributed by atoms with van der Waals surface area (Å²) < 4.78 is 6.48. The van der Waals surface area contributed by atoms with Crippen molar-refractivity contribution in [2.45, 2.75) is 38.8 Å². The van der Waals surface area contributed by atoms with Crippen LogP contribution in [-0.2, 0) is 27.8 Å². The van der Waals surface area contributed by atoms with Crippen LogP contribution in [0.1, 0.15) is 37.6 Å². The highest BCUT2D eigenvalue weighted by Crippen LogP contribution is 2.19. The third-order valence-electron chi connectivity index (χ3n) is 4.64. The van der Waals surface area contributed by atoms with E-state index in [1.54, 1.807) is 45.2 Å². The van der Waals surface area contributed by atoms with Crippen molar-refractivity contribution in [3.63, 3.8) is 0 Å². The zero-order chi connectivity index (χ0) is 21.7. The quantitative estimate of drug-likeness (QED) is 0.608. The van der Waals surface area contributed by atoms with E-state index in [1.165, 1.54) is 4.68 Å². The fraction of sp³-hybridized carbons (Fsp3) is 0.304. The van der Waals surface area contributed by atoms with E-state index in [1.807, 2.05) is 30.3 Å². The van der Waals surface area contributed by atoms with Gasteiger partial charge in [-0.2, -0.15) is 5.10 Å². The van der Waals surface area contributed by atoms with Gasteiger partial charge in [0.15, 0.2) is 0 Å². The Bertz CT molecular complexity index is 1110. The van der Waals surface area contributed by atoms with Crippen LogP contribution < -0.4 is 10.9 Å². The Labute approximate surface area is 174 Å². The summed E-state index contributed by atoms with van der Waals surface area (Å²) in [6, 6.07) is 15.8. The summed E-state index contributed by atoms with van der Waals surface area (Å²) in [5.74, 6) is -0.678. The van der Waals surface area contributed by atoms with Crippen LogP contribution in [0, 0.1) is 0 Å². The molecule has 0 aliphatic carbocycles. The maximum Gasteiger partial charge on any atom is 0.308 e. The molecule has 156 valence electrons. The third-order valence-corrected chi connectivity index (χ3v) is 4.64. The summed E-state index contributed by atoms with van der Waals surface area (Å²) in [6.45, 7) is 3.56. The van der Waals surface area contributed by atoms with Crippen molar-refractivity contribution in [3.8, 4) is 0 Å². The number of esters is 1. The van der Waals surface area contributed by atoms with Crippen molar-refractivity contribution in [2.24, 2.45) is 7.05 Å². The fourth-order valence-corrected chi connectivity index (χ4v) is 3.32. The van der Waals surface area contributed by atoms with Crippen LogP contribution in [-0.4, -0.2) is 27.8 Å². The molecule has 1 atom stereocenters. The molecule has 2 aromatic carbocycles. The lowest BCUT2D eigenvalue weighted by Gasteiger charge is -2.19. The second kappa shape index (κ2) is 9.35. The van der Waals surface area contributed by atoms with Crippen LogP contribution >= 0.6 is 0 Å². The van der Waals surface area contributed by atoms with Crippen molar-refractivity contribution in [1.29, 1.82) is 0 Å². The van der Waals surface area contributed by atoms with Gasteiger partial charge in [-0.15, -0.1) is 0 Å². The molecule has 7 heteroatoms. The Morgan fingerprint density at radius 3 is 2.33 bits per heavy atom. The molecule has 1 aromatic heterocycles. The number of carbonyl (C=O) groups is 2. The van der Waals surface area contributed by atoms with Gasteiger partial charge in [-0.25, -0.2) is 4.68 Å². The lowest BCUT2D eigenvalue weighted by atomic mass is 10.0. The molecule has 3 rings (SSSR count). The molecule has 0 saturated heterocycles. The van der Waals surface area contributed by atoms with Gasteiger partial charge >= 0.3 is 5.97 Å². The molecule has 1 amide bonds. The van der Waals surface area contributed by atoms with E-state index >= 15 is 0 Å². The van der Waals surface area contributed by atoms with Gasteiger partial charge < -0.3 is 10.1 Å². The van der Waals surface area contributed by atoms with Crippen molar-refractivity contribution < 1.29 is 14.3 Å². The average Bonchev–Trinajstić information content (AvgIpc) is 2.71. The summed E-state index contributed by atoms with van der Waals surface area (Å²) in [7, 11) is 1.56. The van der Waals surface area contributed by atoms with E-state index in [4.69, 9.17) is 4.74 Å². The number of nitrogens with one attached hydrogen (secondary N) is 1. The minimum Gasteiger partial charge on any atom is -0.463 e. The standard InChI is InChI=1S/C23H25N3O4/c1-15(2)30-22(28)14-19(16-9-5-4-6-10-16)24-21(27)13-20-17-11-7-8-12-18(17)23(29)26(3)25-20/h4-12,15,19H,13-14H2,1-3H3,(H,24,27). The molecule has 0 saturated carbocycles. The molecule has 0 aliphatic rings. The molecule has 0 bridgehead atoms. The van der Waals surface area contributed by atoms with Crippen LogP contribution in [0.15, 0.2) is 59.4 Å². The van der Waals surface area contributed by atoms with E-state index in [-0.39, 0.29) is 36.4 Å². The predicted molar refractivity (Wildman–Crippen MR) is 114 cm³/mol. The van der Waals surface area contributed by atoms with E-state index in [0.717, 1.165) is 5.56 Å². The Morgan fingerprint density at radius 1 is 1.03 bits per heavy atom. The number of nitrogens with zero attached hydrogens (tertiary/aromatic N) is 2. The van der Waals surface area contributed by atoms with E-state index in [0.29, 0.717) is 16.5 Å². The monoisotopic (exact) mass is 407 g/mol. The Hall–Kier alpha value is -3.48. The Kier molecular flexibility index (Phi) is 6.61. The summed E-state index contributed by atoms with van der Waals surface area (Å²) in [6.07, 6.45) is -0.224. The molecule has 0 radical (unpaired) electrons. The van der Waals surface area contributed by atoms with Crippen molar-refractivity contribution >= 4 is 22.6 Å². The van der Waals surface area contributed by atoms with E-state index in [9.17, 15) is 14.4 Å². The minimum atomic E-state index is -0.524. The number of hydrogen-bond donors (Lipinski definition) is 1. The van der Waals surface area contributed by atoms with Gasteiger partial charge in [-0.05, 0) is 25.5 Å². The summed E-state index contributed by atoms with van der Waals surface area (Å²) in [5, 5.41) is 8.35. The molecule has 7 nitrogen and oxygen atoms in total. The zero-order valence-corrected chi connectivity index (χ0v) is 17.3. The summed E-state index contributed by atoms with van der Waals surface area (Å²) >= 11 is 0. The highest BCUT2D eigenvalue weighted by molar-refractivity contribution is 5.88. The van der Waals surface area contributed by atoms with E-state index in [2.05, 4.69) is 10.4 Å². The van der Waals surface area contributed by atoms with Gasteiger partial charge in [0.1, 0.15) is 0 Å². The number of carbonyl (C=O) groups excluding carboxylic acids is 2. The maximum absolute atomic E-state index is 12.8. The van der Waals surface area contributed by atoms with Crippen molar-refractivity contribution in [2.75, 3.05) is 0 Å². The largest absolute Gasteiger partial charge is 0.463 e. The molecule has 1 heterocycles. The first-order valence-electron chi connectivity index (χ1n) is 9.84. The zero-order valence-electron chi connectivity index (χ0n) is 17.3. The minimum absolute atomic E-state index is 0.0167. The van der Waals surface area contributed by atoms with Crippen molar-refractivity contribution in [1.82, 2.24) is 15.1 Å². The number of amides is 1. The molecular weight excluding hydrogens is 382 g/mol. The summed E-state index contributed by atoms with van der Waals surface area (Å²) in [4.78, 5) is 37.3. The average molecular weight is 407 g/mol. The van der Waals surface area contributed by atoms with Gasteiger partial charge in [-0.3, -0.25) is 14.4 Å². The van der Waals surface area contributed by atoms with Crippen LogP contribution in [0.5, 0.6) is 0 Å². The first-order valence-corrected chi connectivity index (χ1v) is 9.84. The van der Waals surface area contributed by atoms with Gasteiger partial charge in [0.25, 0.3) is 5.56 Å². The maximum atomic E-state index is 12.8. The molecule has 1 unspecified atom stereocenters. The summed E-state index contributed by atoms with van der Waals surface area (Å²) in [5.41, 5.74) is 1.10. The molecular formula is C23H25N3O4. The topological polar surface area (TPSA) is 90.3 Å². The van der Waals surface area contributed by atoms with Crippen LogP contribution in [0.3, 0.4) is 0 Å². The lowest BCUT2D eigenvalue weighted by Crippen LogP contribution is -2.33. The number of aromatic nitrogens is 2. The number of ether oxygens (including phenoxy) is 1.